The van der Waals surface area contributed by atoms with Crippen LogP contribution in [0.5, 0.6) is 11.5 Å². The number of nitrogens with zero attached hydrogens (tertiary/aromatic N) is 1. The van der Waals surface area contributed by atoms with Crippen molar-refractivity contribution in [1.29, 1.82) is 0 Å². The molecule has 0 saturated heterocycles. The smallest absolute Gasteiger partial charge is 0.124 e. The molecule has 0 fully saturated rings. The average molecular weight is 499 g/mol. The Morgan fingerprint density at radius 2 is 1.19 bits per heavy atom. The van der Waals surface area contributed by atoms with Crippen molar-refractivity contribution < 1.29 is 9.47 Å². The molecule has 1 atom stereocenters. The second-order valence-electron chi connectivity index (χ2n) is 9.70. The molecule has 4 aromatic carbocycles. The maximum Gasteiger partial charge on any atom is 0.124 e. The lowest BCUT2D eigenvalue weighted by Crippen LogP contribution is -2.29. The van der Waals surface area contributed by atoms with Crippen molar-refractivity contribution in [2.45, 2.75) is 33.7 Å². The second kappa shape index (κ2) is 10.9. The van der Waals surface area contributed by atoms with Crippen LogP contribution in [-0.2, 0) is 0 Å². The van der Waals surface area contributed by atoms with Crippen LogP contribution >= 0.6 is 7.92 Å². The molecule has 0 aliphatic heterocycles. The molecule has 0 bridgehead atoms. The molecule has 4 heteroatoms. The first-order valence-electron chi connectivity index (χ1n) is 12.3. The van der Waals surface area contributed by atoms with Crippen molar-refractivity contribution in [2.75, 3.05) is 28.3 Å². The molecular weight excluding hydrogens is 461 g/mol. The molecule has 0 aliphatic rings. The van der Waals surface area contributed by atoms with Gasteiger partial charge < -0.3 is 14.4 Å². The number of aryl methyl sites for hydroxylation is 4. The number of rotatable bonds is 8. The summed E-state index contributed by atoms with van der Waals surface area (Å²) in [4.78, 5) is 2.32. The summed E-state index contributed by atoms with van der Waals surface area (Å²) in [6, 6.07) is 27.1. The fourth-order valence-electron chi connectivity index (χ4n) is 5.43. The van der Waals surface area contributed by atoms with E-state index < -0.39 is 7.92 Å². The van der Waals surface area contributed by atoms with Crippen LogP contribution in [0.4, 0.5) is 0 Å². The van der Waals surface area contributed by atoms with E-state index in [1.54, 1.807) is 14.2 Å². The van der Waals surface area contributed by atoms with E-state index in [9.17, 15) is 0 Å². The molecule has 0 N–H and O–H groups in total. The van der Waals surface area contributed by atoms with E-state index in [0.29, 0.717) is 0 Å². The minimum absolute atomic E-state index is 0.169. The van der Waals surface area contributed by atoms with Gasteiger partial charge in [0.2, 0.25) is 0 Å². The van der Waals surface area contributed by atoms with Crippen LogP contribution in [0.1, 0.15) is 39.4 Å². The monoisotopic (exact) mass is 498 g/mol. The van der Waals surface area contributed by atoms with Crippen LogP contribution in [0.25, 0.3) is 0 Å². The van der Waals surface area contributed by atoms with Crippen molar-refractivity contribution in [3.8, 4) is 11.5 Å². The third-order valence-corrected chi connectivity index (χ3v) is 9.25. The zero-order valence-corrected chi connectivity index (χ0v) is 23.6. The topological polar surface area (TPSA) is 21.7 Å². The Morgan fingerprint density at radius 3 is 1.61 bits per heavy atom. The van der Waals surface area contributed by atoms with Gasteiger partial charge in [0.05, 0.1) is 14.2 Å². The highest BCUT2D eigenvalue weighted by molar-refractivity contribution is 7.80. The van der Waals surface area contributed by atoms with Crippen molar-refractivity contribution in [3.63, 3.8) is 0 Å². The number of ether oxygens (including phenoxy) is 2. The van der Waals surface area contributed by atoms with Crippen LogP contribution in [0.15, 0.2) is 72.8 Å². The van der Waals surface area contributed by atoms with Gasteiger partial charge in [-0.25, -0.2) is 6.07 Å². The third-order valence-electron chi connectivity index (χ3n) is 6.81. The fourth-order valence-corrected chi connectivity index (χ4v) is 8.27. The van der Waals surface area contributed by atoms with E-state index >= 15 is 0 Å². The molecule has 0 amide bonds. The molecule has 0 radical (unpaired) electrons. The normalized spacial score (nSPS) is 12.3. The van der Waals surface area contributed by atoms with Crippen molar-refractivity contribution in [3.05, 3.63) is 106 Å². The molecule has 36 heavy (non-hydrogen) atoms. The number of benzene rings is 3. The van der Waals surface area contributed by atoms with Crippen molar-refractivity contribution in [1.82, 2.24) is 4.90 Å². The lowest BCUT2D eigenvalue weighted by atomic mass is 10.00. The van der Waals surface area contributed by atoms with Crippen molar-refractivity contribution >= 4 is 23.8 Å². The van der Waals surface area contributed by atoms with Crippen LogP contribution in [0.3, 0.4) is 0 Å². The number of methoxy groups -OCH3 is 2. The summed E-state index contributed by atoms with van der Waals surface area (Å²) in [7, 11) is 7.03. The predicted molar refractivity (Wildman–Crippen MR) is 155 cm³/mol. The zero-order chi connectivity index (χ0) is 26.0. The highest BCUT2D eigenvalue weighted by Gasteiger charge is 2.23. The summed E-state index contributed by atoms with van der Waals surface area (Å²) >= 11 is 0. The zero-order valence-electron chi connectivity index (χ0n) is 22.7. The van der Waals surface area contributed by atoms with Gasteiger partial charge in [0.1, 0.15) is 11.5 Å². The van der Waals surface area contributed by atoms with Gasteiger partial charge >= 0.3 is 0 Å². The minimum atomic E-state index is -0.815. The molecule has 0 aliphatic carbocycles. The molecule has 1 unspecified atom stereocenters. The molecular formula is C32H37NO2P-. The van der Waals surface area contributed by atoms with Gasteiger partial charge in [-0.1, -0.05) is 30.3 Å². The van der Waals surface area contributed by atoms with Crippen LogP contribution < -0.4 is 25.4 Å². The molecule has 4 aromatic rings. The van der Waals surface area contributed by atoms with Gasteiger partial charge in [-0.15, -0.1) is 5.30 Å². The van der Waals surface area contributed by atoms with E-state index in [4.69, 9.17) is 9.47 Å². The lowest BCUT2D eigenvalue weighted by Gasteiger charge is -2.34. The quantitative estimate of drug-likeness (QED) is 0.218. The lowest BCUT2D eigenvalue weighted by molar-refractivity contribution is 0.344. The van der Waals surface area contributed by atoms with E-state index in [0.717, 1.165) is 11.5 Å². The summed E-state index contributed by atoms with van der Waals surface area (Å²) in [5.41, 5.74) is 7.33. The first-order valence-corrected chi connectivity index (χ1v) is 13.7. The second-order valence-corrected chi connectivity index (χ2v) is 11.9. The van der Waals surface area contributed by atoms with Crippen molar-refractivity contribution in [2.24, 2.45) is 0 Å². The standard InChI is InChI=1S/C32H37NO2P/c1-21-17-26(18-22(2)31(21)34-7)36(27-19-23(3)32(35-8)24(4)20-27)29-16-12-15-28(29)30(33(5)6)25-13-10-9-11-14-25/h9-20,30H,1-8H3/q-1. The Morgan fingerprint density at radius 1 is 0.722 bits per heavy atom. The predicted octanol–water partition coefficient (Wildman–Crippen LogP) is 6.07. The first kappa shape index (κ1) is 26.1. The molecule has 0 heterocycles. The van der Waals surface area contributed by atoms with E-state index in [2.05, 4.69) is 119 Å². The molecule has 0 spiro atoms. The van der Waals surface area contributed by atoms with E-state index in [1.165, 1.54) is 49.3 Å². The Labute approximate surface area is 217 Å². The first-order chi connectivity index (χ1) is 17.3. The summed E-state index contributed by atoms with van der Waals surface area (Å²) in [6.45, 7) is 8.58. The SMILES string of the molecule is COc1c(C)cc(P(c2cc(C)c(OC)c(C)c2)c2[cH-]ccc2C(c2ccccc2)N(C)C)cc1C. The van der Waals surface area contributed by atoms with Gasteiger partial charge in [-0.2, -0.15) is 17.7 Å². The summed E-state index contributed by atoms with van der Waals surface area (Å²) in [5, 5.41) is 4.06. The minimum Gasteiger partial charge on any atom is -0.496 e. The summed E-state index contributed by atoms with van der Waals surface area (Å²) in [5.74, 6) is 1.93. The third kappa shape index (κ3) is 4.96. The van der Waals surface area contributed by atoms with Gasteiger partial charge in [0, 0.05) is 6.04 Å². The number of hydrogen-bond acceptors (Lipinski definition) is 3. The Bertz CT molecular complexity index is 1230. The van der Waals surface area contributed by atoms with E-state index in [-0.39, 0.29) is 6.04 Å². The highest BCUT2D eigenvalue weighted by atomic mass is 31.1. The summed E-state index contributed by atoms with van der Waals surface area (Å²) < 4.78 is 11.4. The molecule has 4 rings (SSSR count). The van der Waals surface area contributed by atoms with Gasteiger partial charge in [0.15, 0.2) is 0 Å². The molecule has 3 nitrogen and oxygen atoms in total. The van der Waals surface area contributed by atoms with Gasteiger partial charge in [-0.05, 0) is 112 Å². The van der Waals surface area contributed by atoms with Crippen LogP contribution in [0.2, 0.25) is 0 Å². The maximum absolute atomic E-state index is 5.71. The Kier molecular flexibility index (Phi) is 7.93. The van der Waals surface area contributed by atoms with Crippen LogP contribution in [0, 0.1) is 27.7 Å². The molecule has 0 saturated carbocycles. The Balaban J connectivity index is 1.98. The average Bonchev–Trinajstić information content (AvgIpc) is 3.28. The highest BCUT2D eigenvalue weighted by Crippen LogP contribution is 2.41. The summed E-state index contributed by atoms with van der Waals surface area (Å²) in [6.07, 6.45) is 0. The fraction of sp³-hybridized carbons (Fsp3) is 0.281. The van der Waals surface area contributed by atoms with Crippen LogP contribution in [-0.4, -0.2) is 33.2 Å². The maximum atomic E-state index is 5.71. The largest absolute Gasteiger partial charge is 0.496 e. The molecule has 0 aromatic heterocycles. The Hall–Kier alpha value is -3.00. The molecule has 188 valence electrons. The number of hydrogen-bond donors (Lipinski definition) is 0. The van der Waals surface area contributed by atoms with E-state index in [1.807, 2.05) is 0 Å². The van der Waals surface area contributed by atoms with Gasteiger partial charge in [-0.3, -0.25) is 0 Å². The van der Waals surface area contributed by atoms with Gasteiger partial charge in [0.25, 0.3) is 0 Å².